The van der Waals surface area contributed by atoms with E-state index in [4.69, 9.17) is 4.74 Å². The molecule has 0 N–H and O–H groups in total. The molecule has 1 aromatic heterocycles. The van der Waals surface area contributed by atoms with Crippen LogP contribution in [0.1, 0.15) is 39.6 Å². The summed E-state index contributed by atoms with van der Waals surface area (Å²) in [5, 5.41) is 0. The second-order valence-corrected chi connectivity index (χ2v) is 7.22. The minimum Gasteiger partial charge on any atom is -0.481 e. The number of carbonyl (C=O) groups excluding carboxylic acids is 2. The van der Waals surface area contributed by atoms with Crippen LogP contribution in [0.4, 0.5) is 4.39 Å². The van der Waals surface area contributed by atoms with Gasteiger partial charge in [0.2, 0.25) is 5.88 Å². The number of carbonyl (C=O) groups is 2. The van der Waals surface area contributed by atoms with Crippen LogP contribution in [-0.2, 0) is 6.42 Å². The fraction of sp³-hybridized carbons (Fsp3) is 0.240. The van der Waals surface area contributed by atoms with Crippen LogP contribution in [0.25, 0.3) is 11.1 Å². The Morgan fingerprint density at radius 2 is 1.74 bits per heavy atom. The second kappa shape index (κ2) is 9.98. The van der Waals surface area contributed by atoms with Crippen molar-refractivity contribution in [2.75, 3.05) is 20.7 Å². The summed E-state index contributed by atoms with van der Waals surface area (Å²) in [7, 11) is 3.19. The van der Waals surface area contributed by atoms with Crippen molar-refractivity contribution in [3.63, 3.8) is 0 Å². The summed E-state index contributed by atoms with van der Waals surface area (Å²) in [6.45, 7) is 2.34. The van der Waals surface area contributed by atoms with Crippen LogP contribution in [-0.4, -0.2) is 42.3 Å². The van der Waals surface area contributed by atoms with Gasteiger partial charge in [0.15, 0.2) is 5.78 Å². The van der Waals surface area contributed by atoms with Crippen molar-refractivity contribution in [1.82, 2.24) is 9.88 Å². The molecule has 31 heavy (non-hydrogen) atoms. The van der Waals surface area contributed by atoms with Gasteiger partial charge in [0, 0.05) is 37.8 Å². The van der Waals surface area contributed by atoms with Crippen LogP contribution in [0.2, 0.25) is 0 Å². The molecular formula is C25H25FN2O3. The Hall–Kier alpha value is -3.54. The average Bonchev–Trinajstić information content (AvgIpc) is 2.81. The van der Waals surface area contributed by atoms with Gasteiger partial charge in [0.05, 0.1) is 12.7 Å². The number of nitrogens with zero attached hydrogens (tertiary/aromatic N) is 2. The van der Waals surface area contributed by atoms with Crippen LogP contribution in [0, 0.1) is 5.82 Å². The van der Waals surface area contributed by atoms with Gasteiger partial charge in [0.1, 0.15) is 5.82 Å². The number of ketones is 1. The number of amides is 1. The minimum atomic E-state index is -0.559. The van der Waals surface area contributed by atoms with E-state index in [0.717, 1.165) is 11.1 Å². The van der Waals surface area contributed by atoms with E-state index in [1.807, 2.05) is 13.0 Å². The number of hydrogen-bond acceptors (Lipinski definition) is 4. The van der Waals surface area contributed by atoms with E-state index in [1.165, 1.54) is 17.0 Å². The zero-order valence-corrected chi connectivity index (χ0v) is 17.9. The smallest absolute Gasteiger partial charge is 0.256 e. The van der Waals surface area contributed by atoms with Gasteiger partial charge in [-0.05, 0) is 42.2 Å². The van der Waals surface area contributed by atoms with Crippen molar-refractivity contribution < 1.29 is 18.7 Å². The summed E-state index contributed by atoms with van der Waals surface area (Å²) < 4.78 is 19.5. The number of pyridine rings is 1. The summed E-state index contributed by atoms with van der Waals surface area (Å²) in [6.07, 6.45) is 2.66. The van der Waals surface area contributed by atoms with E-state index in [-0.39, 0.29) is 17.3 Å². The molecule has 0 unspecified atom stereocenters. The number of methoxy groups -OCH3 is 1. The standard InChI is InChI=1S/C25H25FN2O3/c1-4-28(2)25(30)21-12-11-20(15-22(21)26)18-7-9-19(10-8-18)23(29)13-5-17-6-14-24(31-3)27-16-17/h6-12,14-16H,4-5,13H2,1-3H3. The molecule has 5 nitrogen and oxygen atoms in total. The van der Waals surface area contributed by atoms with Gasteiger partial charge >= 0.3 is 0 Å². The number of aryl methyl sites for hydroxylation is 1. The lowest BCUT2D eigenvalue weighted by Gasteiger charge is -2.15. The highest BCUT2D eigenvalue weighted by atomic mass is 19.1. The molecule has 2 aromatic carbocycles. The first-order chi connectivity index (χ1) is 14.9. The Kier molecular flexibility index (Phi) is 7.13. The van der Waals surface area contributed by atoms with Crippen molar-refractivity contribution in [3.05, 3.63) is 83.3 Å². The normalized spacial score (nSPS) is 10.6. The zero-order valence-electron chi connectivity index (χ0n) is 17.9. The quantitative estimate of drug-likeness (QED) is 0.491. The fourth-order valence-corrected chi connectivity index (χ4v) is 3.15. The van der Waals surface area contributed by atoms with E-state index < -0.39 is 5.82 Å². The third-order valence-corrected chi connectivity index (χ3v) is 5.21. The number of Topliss-reactive ketones (excluding diaryl/α,β-unsaturated/α-hetero) is 1. The van der Waals surface area contributed by atoms with Crippen molar-refractivity contribution in [3.8, 4) is 17.0 Å². The Bertz CT molecular complexity index is 1060. The zero-order chi connectivity index (χ0) is 22.4. The SMILES string of the molecule is CCN(C)C(=O)c1ccc(-c2ccc(C(=O)CCc3ccc(OC)nc3)cc2)cc1F. The molecule has 0 bridgehead atoms. The van der Waals surface area contributed by atoms with Gasteiger partial charge < -0.3 is 9.64 Å². The van der Waals surface area contributed by atoms with E-state index in [1.54, 1.807) is 56.8 Å². The van der Waals surface area contributed by atoms with E-state index >= 15 is 0 Å². The highest BCUT2D eigenvalue weighted by Gasteiger charge is 2.16. The molecule has 0 atom stereocenters. The van der Waals surface area contributed by atoms with Gasteiger partial charge in [-0.3, -0.25) is 9.59 Å². The van der Waals surface area contributed by atoms with Crippen molar-refractivity contribution in [1.29, 1.82) is 0 Å². The topological polar surface area (TPSA) is 59.5 Å². The minimum absolute atomic E-state index is 0.0251. The molecule has 0 saturated carbocycles. The third-order valence-electron chi connectivity index (χ3n) is 5.21. The maximum atomic E-state index is 14.5. The number of hydrogen-bond donors (Lipinski definition) is 0. The molecule has 0 fully saturated rings. The lowest BCUT2D eigenvalue weighted by molar-refractivity contribution is 0.0797. The highest BCUT2D eigenvalue weighted by molar-refractivity contribution is 5.97. The molecule has 0 aliphatic carbocycles. The van der Waals surface area contributed by atoms with Crippen LogP contribution < -0.4 is 4.74 Å². The number of aromatic nitrogens is 1. The number of rotatable bonds is 8. The van der Waals surface area contributed by atoms with E-state index in [9.17, 15) is 14.0 Å². The van der Waals surface area contributed by atoms with E-state index in [0.29, 0.717) is 36.4 Å². The maximum absolute atomic E-state index is 14.5. The van der Waals surface area contributed by atoms with Crippen LogP contribution in [0.5, 0.6) is 5.88 Å². The van der Waals surface area contributed by atoms with Crippen molar-refractivity contribution in [2.45, 2.75) is 19.8 Å². The molecule has 0 spiro atoms. The molecular weight excluding hydrogens is 395 g/mol. The Balaban J connectivity index is 1.67. The molecule has 3 rings (SSSR count). The molecule has 0 saturated heterocycles. The Morgan fingerprint density at radius 1 is 1.03 bits per heavy atom. The lowest BCUT2D eigenvalue weighted by atomic mass is 9.99. The first-order valence-corrected chi connectivity index (χ1v) is 10.1. The van der Waals surface area contributed by atoms with Crippen LogP contribution in [0.15, 0.2) is 60.8 Å². The van der Waals surface area contributed by atoms with Crippen molar-refractivity contribution >= 4 is 11.7 Å². The Labute approximate surface area is 181 Å². The summed E-state index contributed by atoms with van der Waals surface area (Å²) >= 11 is 0. The average molecular weight is 420 g/mol. The van der Waals surface area contributed by atoms with E-state index in [2.05, 4.69) is 4.98 Å². The molecule has 6 heteroatoms. The predicted molar refractivity (Wildman–Crippen MR) is 118 cm³/mol. The van der Waals surface area contributed by atoms with Gasteiger partial charge in [-0.1, -0.05) is 36.4 Å². The van der Waals surface area contributed by atoms with Crippen LogP contribution >= 0.6 is 0 Å². The molecule has 1 amide bonds. The monoisotopic (exact) mass is 420 g/mol. The van der Waals surface area contributed by atoms with Gasteiger partial charge in [-0.25, -0.2) is 9.37 Å². The largest absolute Gasteiger partial charge is 0.481 e. The molecule has 0 radical (unpaired) electrons. The number of benzene rings is 2. The molecule has 3 aromatic rings. The van der Waals surface area contributed by atoms with Gasteiger partial charge in [0.25, 0.3) is 5.91 Å². The van der Waals surface area contributed by atoms with Crippen molar-refractivity contribution in [2.24, 2.45) is 0 Å². The predicted octanol–water partition coefficient (Wildman–Crippen LogP) is 4.80. The summed E-state index contributed by atoms with van der Waals surface area (Å²) in [6, 6.07) is 15.3. The summed E-state index contributed by atoms with van der Waals surface area (Å²) in [4.78, 5) is 30.3. The summed E-state index contributed by atoms with van der Waals surface area (Å²) in [5.41, 5.74) is 3.04. The molecule has 0 aliphatic rings. The fourth-order valence-electron chi connectivity index (χ4n) is 3.15. The first-order valence-electron chi connectivity index (χ1n) is 10.1. The maximum Gasteiger partial charge on any atom is 0.256 e. The summed E-state index contributed by atoms with van der Waals surface area (Å²) in [5.74, 6) is -0.343. The van der Waals surface area contributed by atoms with Gasteiger partial charge in [-0.15, -0.1) is 0 Å². The van der Waals surface area contributed by atoms with Gasteiger partial charge in [-0.2, -0.15) is 0 Å². The molecule has 0 aliphatic heterocycles. The number of ether oxygens (including phenoxy) is 1. The second-order valence-electron chi connectivity index (χ2n) is 7.22. The first kappa shape index (κ1) is 22.2. The highest BCUT2D eigenvalue weighted by Crippen LogP contribution is 2.24. The lowest BCUT2D eigenvalue weighted by Crippen LogP contribution is -2.27. The number of halogens is 1. The van der Waals surface area contributed by atoms with Crippen LogP contribution in [0.3, 0.4) is 0 Å². The third kappa shape index (κ3) is 5.34. The molecule has 1 heterocycles. The molecule has 160 valence electrons. The Morgan fingerprint density at radius 3 is 2.32 bits per heavy atom.